The minimum atomic E-state index is -1.03. The lowest BCUT2D eigenvalue weighted by molar-refractivity contribution is -0.124. The van der Waals surface area contributed by atoms with Crippen molar-refractivity contribution in [1.29, 1.82) is 0 Å². The van der Waals surface area contributed by atoms with Crippen molar-refractivity contribution in [2.75, 3.05) is 5.32 Å². The van der Waals surface area contributed by atoms with Gasteiger partial charge in [0.15, 0.2) is 18.3 Å². The van der Waals surface area contributed by atoms with Gasteiger partial charge in [0.25, 0.3) is 10.3 Å². The fourth-order valence-electron chi connectivity index (χ4n) is 6.78. The topological polar surface area (TPSA) is 235 Å². The smallest absolute Gasteiger partial charge is 0.460 e. The predicted molar refractivity (Wildman–Crippen MR) is 283 cm³/mol. The van der Waals surface area contributed by atoms with E-state index in [1.807, 2.05) is 78.9 Å². The van der Waals surface area contributed by atoms with Crippen molar-refractivity contribution in [3.05, 3.63) is 242 Å². The van der Waals surface area contributed by atoms with E-state index in [2.05, 4.69) is 10.6 Å². The van der Waals surface area contributed by atoms with Crippen LogP contribution < -0.4 is 27.8 Å². The average Bonchev–Trinajstić information content (AvgIpc) is 3.96. The van der Waals surface area contributed by atoms with Crippen molar-refractivity contribution in [2.45, 2.75) is 31.5 Å². The molecule has 0 amide bonds. The van der Waals surface area contributed by atoms with Gasteiger partial charge >= 0.3 is 6.16 Å². The van der Waals surface area contributed by atoms with Gasteiger partial charge in [-0.2, -0.15) is 0 Å². The van der Waals surface area contributed by atoms with E-state index >= 15 is 0 Å². The average molecular weight is 1100 g/mol. The predicted octanol–water partition coefficient (Wildman–Crippen LogP) is 10.2. The normalized spacial score (nSPS) is 16.6. The number of para-hydroxylation sites is 1. The molecule has 0 saturated heterocycles. The molecule has 0 saturated carbocycles. The van der Waals surface area contributed by atoms with Gasteiger partial charge in [0.1, 0.15) is 6.61 Å². The number of benzene rings is 6. The molecule has 3 aliphatic rings. The van der Waals surface area contributed by atoms with Crippen molar-refractivity contribution < 1.29 is 52.3 Å². The number of carbonyl (C=O) groups excluding carboxylic acids is 4. The number of rotatable bonds is 11. The Kier molecular flexibility index (Phi) is 18.5. The molecule has 6 aromatic carbocycles. The Hall–Kier alpha value is -8.13. The van der Waals surface area contributed by atoms with Crippen LogP contribution in [0.3, 0.4) is 0 Å². The summed E-state index contributed by atoms with van der Waals surface area (Å²) in [6.45, 7) is 0.491. The third-order valence-electron chi connectivity index (χ3n) is 10.4. The Morgan fingerprint density at radius 3 is 1.24 bits per heavy atom. The van der Waals surface area contributed by atoms with Crippen LogP contribution in [0, 0.1) is 0 Å². The molecule has 74 heavy (non-hydrogen) atoms. The second-order valence-corrected chi connectivity index (χ2v) is 17.6. The van der Waals surface area contributed by atoms with Crippen LogP contribution in [0.1, 0.15) is 46.1 Å². The molecule has 16 nitrogen and oxygen atoms in total. The van der Waals surface area contributed by atoms with Gasteiger partial charge in [-0.05, 0) is 84.1 Å². The zero-order chi connectivity index (χ0) is 52.7. The number of nitrogens with one attached hydrogen (secondary N) is 2. The Labute approximate surface area is 449 Å². The number of carbonyl (C=O) groups is 4. The summed E-state index contributed by atoms with van der Waals surface area (Å²) >= 11 is 27.7. The number of hydrogen-bond donors (Lipinski definition) is 5. The van der Waals surface area contributed by atoms with Gasteiger partial charge < -0.3 is 61.0 Å². The number of thiocarbonyl (C=S) groups is 2. The molecular weight excluding hydrogens is 1050 g/mol. The number of nitrogens with two attached hydrogens (primary N) is 3. The number of Topliss-reactive ketones (excluding diaryl/α,β-unsaturated/α-hetero) is 3. The molecule has 6 aromatic rings. The highest BCUT2D eigenvalue weighted by Gasteiger charge is 2.40. The molecule has 378 valence electrons. The summed E-state index contributed by atoms with van der Waals surface area (Å²) in [6.07, 6.45) is -3.73. The molecule has 8 N–H and O–H groups in total. The molecule has 3 aliphatic heterocycles. The van der Waals surface area contributed by atoms with E-state index in [0.717, 1.165) is 16.8 Å². The molecule has 0 aromatic heterocycles. The van der Waals surface area contributed by atoms with Crippen LogP contribution in [-0.2, 0) is 60.7 Å². The van der Waals surface area contributed by atoms with Crippen LogP contribution in [0.4, 0.5) is 10.5 Å². The van der Waals surface area contributed by atoms with Crippen LogP contribution in [0.15, 0.2) is 199 Å². The van der Waals surface area contributed by atoms with Crippen molar-refractivity contribution in [1.82, 2.24) is 5.32 Å². The Morgan fingerprint density at radius 1 is 0.486 bits per heavy atom. The number of hydrogen-bond acceptors (Lipinski definition) is 16. The molecular formula is C53H42Cl3N5O11S2. The van der Waals surface area contributed by atoms with Crippen LogP contribution >= 0.6 is 59.2 Å². The Morgan fingerprint density at radius 2 is 0.838 bits per heavy atom. The molecule has 0 spiro atoms. The standard InChI is InChI=1S/C18H15ClN2O3S.C18H14ClNO5.C17H13ClN2O3S/c19-13-8-6-12(7-9-13)15-14(22)16(17(20)23-15)24-18(25)21-10-11-4-2-1-3-5-11;19-13-8-6-12(7-9-13)15-14(21)16(17(20)24-15)25-18(22)23-10-11-4-2-1-3-5-11;18-11-8-6-10(7-9-11)14-13(21)15(16(19)22-14)23-17(24)20-12-4-2-1-3-5-12/h1-9,15H,10,20H2,(H,21,25);1-9,15H,10,20H2;1-9,14H,19H2,(H,20,24). The van der Waals surface area contributed by atoms with E-state index in [1.165, 1.54) is 0 Å². The summed E-state index contributed by atoms with van der Waals surface area (Å²) in [6, 6.07) is 47.9. The SMILES string of the molecule is NC1=C(OC(=O)OCc2ccccc2)C(=O)C(c2ccc(Cl)cc2)O1.NC1=C(OC(=S)NCc2ccccc2)C(=O)C(c2ccc(Cl)cc2)O1.NC1=C(OC(=S)Nc2ccccc2)C(=O)C(c2ccc(Cl)cc2)O1. The van der Waals surface area contributed by atoms with E-state index in [0.29, 0.717) is 38.3 Å². The largest absolute Gasteiger partial charge is 0.514 e. The van der Waals surface area contributed by atoms with Crippen LogP contribution in [0.2, 0.25) is 15.1 Å². The van der Waals surface area contributed by atoms with Crippen LogP contribution in [-0.4, -0.2) is 33.9 Å². The minimum absolute atomic E-state index is 0.00727. The van der Waals surface area contributed by atoms with Gasteiger partial charge in [0, 0.05) is 44.0 Å². The molecule has 0 fully saturated rings. The lowest BCUT2D eigenvalue weighted by Gasteiger charge is -2.10. The molecule has 3 unspecified atom stereocenters. The maximum atomic E-state index is 12.5. The molecule has 3 atom stereocenters. The molecule has 0 aliphatic carbocycles. The minimum Gasteiger partial charge on any atom is -0.460 e. The quantitative estimate of drug-likeness (QED) is 0.0599. The van der Waals surface area contributed by atoms with Gasteiger partial charge in [0.2, 0.25) is 52.3 Å². The lowest BCUT2D eigenvalue weighted by Crippen LogP contribution is -2.25. The number of halogens is 3. The fraction of sp³-hybridized carbons (Fsp3) is 0.0943. The van der Waals surface area contributed by atoms with Crippen molar-refractivity contribution >= 4 is 98.8 Å². The highest BCUT2D eigenvalue weighted by Crippen LogP contribution is 2.35. The van der Waals surface area contributed by atoms with Gasteiger partial charge in [-0.3, -0.25) is 14.4 Å². The fourth-order valence-corrected chi connectivity index (χ4v) is 7.52. The molecule has 3 heterocycles. The number of ketones is 3. The monoisotopic (exact) mass is 1090 g/mol. The summed E-state index contributed by atoms with van der Waals surface area (Å²) in [5.74, 6) is -2.35. The van der Waals surface area contributed by atoms with Crippen LogP contribution in [0.5, 0.6) is 0 Å². The van der Waals surface area contributed by atoms with Crippen molar-refractivity contribution in [3.8, 4) is 0 Å². The van der Waals surface area contributed by atoms with Gasteiger partial charge in [-0.25, -0.2) is 4.79 Å². The van der Waals surface area contributed by atoms with Gasteiger partial charge in [0.05, 0.1) is 0 Å². The first-order valence-electron chi connectivity index (χ1n) is 21.9. The summed E-state index contributed by atoms with van der Waals surface area (Å²) in [5, 5.41) is 7.50. The third-order valence-corrected chi connectivity index (χ3v) is 11.6. The maximum absolute atomic E-state index is 12.5. The van der Waals surface area contributed by atoms with Crippen LogP contribution in [0.25, 0.3) is 0 Å². The van der Waals surface area contributed by atoms with Gasteiger partial charge in [-0.15, -0.1) is 0 Å². The first kappa shape index (κ1) is 53.7. The van der Waals surface area contributed by atoms with E-state index < -0.39 is 36.0 Å². The van der Waals surface area contributed by atoms with E-state index in [4.69, 9.17) is 110 Å². The first-order valence-corrected chi connectivity index (χ1v) is 23.9. The number of anilines is 1. The second-order valence-electron chi connectivity index (χ2n) is 15.6. The summed E-state index contributed by atoms with van der Waals surface area (Å²) in [5.41, 5.74) is 21.6. The van der Waals surface area contributed by atoms with Gasteiger partial charge in [-0.1, -0.05) is 150 Å². The zero-order valence-corrected chi connectivity index (χ0v) is 42.3. The Bertz CT molecular complexity index is 2970. The first-order chi connectivity index (χ1) is 35.6. The molecule has 0 bridgehead atoms. The third kappa shape index (κ3) is 14.5. The summed E-state index contributed by atoms with van der Waals surface area (Å²) in [7, 11) is 0. The maximum Gasteiger partial charge on any atom is 0.514 e. The highest BCUT2D eigenvalue weighted by atomic mass is 35.5. The summed E-state index contributed by atoms with van der Waals surface area (Å²) in [4.78, 5) is 49.2. The van der Waals surface area contributed by atoms with Crippen molar-refractivity contribution in [3.63, 3.8) is 0 Å². The molecule has 21 heteroatoms. The highest BCUT2D eigenvalue weighted by molar-refractivity contribution is 7.80. The Balaban J connectivity index is 0.000000162. The summed E-state index contributed by atoms with van der Waals surface area (Å²) < 4.78 is 36.8. The van der Waals surface area contributed by atoms with E-state index in [9.17, 15) is 19.2 Å². The van der Waals surface area contributed by atoms with E-state index in [-0.39, 0.29) is 57.7 Å². The van der Waals surface area contributed by atoms with Crippen molar-refractivity contribution in [2.24, 2.45) is 17.2 Å². The van der Waals surface area contributed by atoms with E-state index in [1.54, 1.807) is 84.9 Å². The lowest BCUT2D eigenvalue weighted by atomic mass is 10.1. The molecule has 0 radical (unpaired) electrons. The number of ether oxygens (including phenoxy) is 7. The second kappa shape index (κ2) is 25.5. The zero-order valence-electron chi connectivity index (χ0n) is 38.4. The molecule has 9 rings (SSSR count).